The molecular formula is C4H12Ca. The third-order valence-electron chi connectivity index (χ3n) is 0.500. The van der Waals surface area contributed by atoms with Crippen molar-refractivity contribution in [2.24, 2.45) is 0 Å². The van der Waals surface area contributed by atoms with E-state index in [0.717, 1.165) is 0 Å². The second kappa shape index (κ2) is 8.98. The van der Waals surface area contributed by atoms with Crippen molar-refractivity contribution in [3.8, 4) is 0 Å². The van der Waals surface area contributed by atoms with Crippen molar-refractivity contribution in [2.45, 2.75) is 26.7 Å². The van der Waals surface area contributed by atoms with Crippen LogP contribution in [-0.2, 0) is 0 Å². The van der Waals surface area contributed by atoms with E-state index in [9.17, 15) is 0 Å². The van der Waals surface area contributed by atoms with E-state index in [4.69, 9.17) is 0 Å². The molecule has 0 spiro atoms. The standard InChI is InChI=1S/C4H10.Ca.2H/c1-3-4-2;;;/h3-4H2,1-2H3;;;/q;+2;2*-1. The van der Waals surface area contributed by atoms with Gasteiger partial charge in [0.05, 0.1) is 0 Å². The monoisotopic (exact) mass is 100 g/mol. The van der Waals surface area contributed by atoms with Gasteiger partial charge in [0.25, 0.3) is 0 Å². The van der Waals surface area contributed by atoms with Gasteiger partial charge >= 0.3 is 37.7 Å². The van der Waals surface area contributed by atoms with Crippen LogP contribution in [0.3, 0.4) is 0 Å². The summed E-state index contributed by atoms with van der Waals surface area (Å²) in [5, 5.41) is 0. The van der Waals surface area contributed by atoms with Crippen LogP contribution >= 0.6 is 0 Å². The number of hydrogen-bond donors (Lipinski definition) is 0. The minimum Gasteiger partial charge on any atom is -1.00 e. The van der Waals surface area contributed by atoms with E-state index in [1.54, 1.807) is 0 Å². The molecular weight excluding hydrogens is 88.1 g/mol. The molecule has 0 radical (unpaired) electrons. The van der Waals surface area contributed by atoms with Gasteiger partial charge in [0, 0.05) is 0 Å². The van der Waals surface area contributed by atoms with Crippen LogP contribution in [0.5, 0.6) is 0 Å². The van der Waals surface area contributed by atoms with Crippen molar-refractivity contribution >= 4 is 37.7 Å². The van der Waals surface area contributed by atoms with Gasteiger partial charge in [-0.2, -0.15) is 0 Å². The molecule has 0 unspecified atom stereocenters. The summed E-state index contributed by atoms with van der Waals surface area (Å²) >= 11 is 0. The van der Waals surface area contributed by atoms with E-state index in [-0.39, 0.29) is 40.6 Å². The smallest absolute Gasteiger partial charge is 1.00 e. The van der Waals surface area contributed by atoms with Crippen molar-refractivity contribution < 1.29 is 2.85 Å². The average molecular weight is 100 g/mol. The van der Waals surface area contributed by atoms with Gasteiger partial charge in [0.15, 0.2) is 0 Å². The second-order valence-electron chi connectivity index (χ2n) is 1.000. The van der Waals surface area contributed by atoms with E-state index in [1.165, 1.54) is 12.8 Å². The fourth-order valence-corrected chi connectivity index (χ4v) is 0. The first-order chi connectivity index (χ1) is 1.91. The summed E-state index contributed by atoms with van der Waals surface area (Å²) in [7, 11) is 0. The molecule has 0 heterocycles. The Morgan fingerprint density at radius 3 is 1.40 bits per heavy atom. The Morgan fingerprint density at radius 2 is 1.40 bits per heavy atom. The summed E-state index contributed by atoms with van der Waals surface area (Å²) in [6.45, 7) is 4.36. The molecule has 0 aromatic carbocycles. The van der Waals surface area contributed by atoms with Crippen molar-refractivity contribution in [3.63, 3.8) is 0 Å². The zero-order valence-electron chi connectivity index (χ0n) is 6.12. The largest absolute Gasteiger partial charge is 2.00 e. The minimum absolute atomic E-state index is 0. The van der Waals surface area contributed by atoms with Gasteiger partial charge < -0.3 is 2.85 Å². The van der Waals surface area contributed by atoms with Gasteiger partial charge in [-0.05, 0) is 0 Å². The first-order valence-corrected chi connectivity index (χ1v) is 1.91. The van der Waals surface area contributed by atoms with E-state index in [0.29, 0.717) is 0 Å². The quantitative estimate of drug-likeness (QED) is 0.439. The summed E-state index contributed by atoms with van der Waals surface area (Å²) in [4.78, 5) is 0. The Hall–Kier alpha value is 1.26. The van der Waals surface area contributed by atoms with Crippen LogP contribution in [0.15, 0.2) is 0 Å². The van der Waals surface area contributed by atoms with E-state index in [1.807, 2.05) is 0 Å². The van der Waals surface area contributed by atoms with Crippen LogP contribution in [0, 0.1) is 0 Å². The first kappa shape index (κ1) is 9.54. The van der Waals surface area contributed by atoms with Gasteiger partial charge in [0.1, 0.15) is 0 Å². The minimum atomic E-state index is 0. The van der Waals surface area contributed by atoms with Crippen LogP contribution in [-0.4, -0.2) is 37.7 Å². The predicted molar refractivity (Wildman–Crippen MR) is 28.6 cm³/mol. The van der Waals surface area contributed by atoms with Gasteiger partial charge in [-0.25, -0.2) is 0 Å². The van der Waals surface area contributed by atoms with Crippen LogP contribution in [0.1, 0.15) is 29.5 Å². The maximum Gasteiger partial charge on any atom is 2.00 e. The Bertz CT molecular complexity index is 11.7. The van der Waals surface area contributed by atoms with Crippen molar-refractivity contribution in [2.75, 3.05) is 0 Å². The van der Waals surface area contributed by atoms with Gasteiger partial charge in [-0.1, -0.05) is 26.7 Å². The first-order valence-electron chi connectivity index (χ1n) is 1.91. The molecule has 0 aliphatic rings. The summed E-state index contributed by atoms with van der Waals surface area (Å²) in [6, 6.07) is 0. The number of rotatable bonds is 1. The fraction of sp³-hybridized carbons (Fsp3) is 1.00. The predicted octanol–water partition coefficient (Wildman–Crippen LogP) is 1.65. The molecule has 0 saturated heterocycles. The normalized spacial score (nSPS) is 6.00. The molecule has 0 nitrogen and oxygen atoms in total. The zero-order valence-corrected chi connectivity index (χ0v) is 6.33. The Labute approximate surface area is 66.9 Å². The third kappa shape index (κ3) is 10.9. The van der Waals surface area contributed by atoms with Crippen LogP contribution in [0.4, 0.5) is 0 Å². The zero-order chi connectivity index (χ0) is 3.41. The summed E-state index contributed by atoms with van der Waals surface area (Å²) in [6.07, 6.45) is 2.64. The van der Waals surface area contributed by atoms with Gasteiger partial charge in [0.2, 0.25) is 0 Å². The fourth-order valence-electron chi connectivity index (χ4n) is 0. The Morgan fingerprint density at radius 1 is 1.20 bits per heavy atom. The summed E-state index contributed by atoms with van der Waals surface area (Å²) in [5.74, 6) is 0. The van der Waals surface area contributed by atoms with Gasteiger partial charge in [-0.15, -0.1) is 0 Å². The van der Waals surface area contributed by atoms with Crippen LogP contribution in [0.25, 0.3) is 0 Å². The van der Waals surface area contributed by atoms with Crippen LogP contribution < -0.4 is 0 Å². The van der Waals surface area contributed by atoms with Crippen LogP contribution in [0.2, 0.25) is 0 Å². The van der Waals surface area contributed by atoms with E-state index in [2.05, 4.69) is 13.8 Å². The molecule has 0 bridgehead atoms. The molecule has 0 fully saturated rings. The molecule has 0 aromatic rings. The number of unbranched alkanes of at least 4 members (excludes halogenated alkanes) is 1. The summed E-state index contributed by atoms with van der Waals surface area (Å²) < 4.78 is 0. The maximum absolute atomic E-state index is 2.18. The molecule has 0 aromatic heterocycles. The second-order valence-corrected chi connectivity index (χ2v) is 1.000. The van der Waals surface area contributed by atoms with E-state index < -0.39 is 0 Å². The Balaban J connectivity index is -0.0000000150. The van der Waals surface area contributed by atoms with Crippen molar-refractivity contribution in [1.82, 2.24) is 0 Å². The molecule has 0 rings (SSSR count). The average Bonchev–Trinajstić information content (AvgIpc) is 1.37. The van der Waals surface area contributed by atoms with E-state index >= 15 is 0 Å². The molecule has 5 heavy (non-hydrogen) atoms. The number of hydrogen-bond acceptors (Lipinski definition) is 0. The van der Waals surface area contributed by atoms with Gasteiger partial charge in [-0.3, -0.25) is 0 Å². The molecule has 0 atom stereocenters. The molecule has 30 valence electrons. The molecule has 0 aliphatic heterocycles. The van der Waals surface area contributed by atoms with Crippen molar-refractivity contribution in [1.29, 1.82) is 0 Å². The Kier molecular flexibility index (Phi) is 17.1. The summed E-state index contributed by atoms with van der Waals surface area (Å²) in [5.41, 5.74) is 0. The SMILES string of the molecule is CCCC.[Ca+2].[H-].[H-]. The van der Waals surface area contributed by atoms with Crippen molar-refractivity contribution in [3.05, 3.63) is 0 Å². The molecule has 0 saturated carbocycles. The molecule has 0 amide bonds. The third-order valence-corrected chi connectivity index (χ3v) is 0.500. The topological polar surface area (TPSA) is 0 Å². The molecule has 1 heteroatoms. The molecule has 0 aliphatic carbocycles. The maximum atomic E-state index is 2.18. The molecule has 0 N–H and O–H groups in total.